The summed E-state index contributed by atoms with van der Waals surface area (Å²) in [5.74, 6) is -3.11. The van der Waals surface area contributed by atoms with Crippen LogP contribution in [0.1, 0.15) is 12.1 Å². The zero-order valence-electron chi connectivity index (χ0n) is 13.2. The van der Waals surface area contributed by atoms with Gasteiger partial charge in [-0.1, -0.05) is 0 Å². The van der Waals surface area contributed by atoms with Crippen LogP contribution in [0.5, 0.6) is 5.75 Å². The van der Waals surface area contributed by atoms with Gasteiger partial charge in [-0.2, -0.15) is 26.7 Å². The molecule has 0 unspecified atom stereocenters. The molecule has 0 aliphatic rings. The lowest BCUT2D eigenvalue weighted by atomic mass is 10.2. The average Bonchev–Trinajstić information content (AvgIpc) is 2.97. The van der Waals surface area contributed by atoms with Crippen molar-refractivity contribution in [1.29, 1.82) is 0 Å². The third-order valence-electron chi connectivity index (χ3n) is 3.37. The highest BCUT2D eigenvalue weighted by molar-refractivity contribution is 7.88. The van der Waals surface area contributed by atoms with E-state index in [1.807, 2.05) is 0 Å². The number of nitrogens with zero attached hydrogens (tertiary/aromatic N) is 4. The number of anilines is 1. The number of fused-ring (bicyclic) bond motifs is 1. The summed E-state index contributed by atoms with van der Waals surface area (Å²) in [5, 5.41) is 3.24. The Labute approximate surface area is 151 Å². The van der Waals surface area contributed by atoms with Crippen molar-refractivity contribution in [2.24, 2.45) is 0 Å². The quantitative estimate of drug-likeness (QED) is 0.387. The molecule has 0 radical (unpaired) electrons. The van der Waals surface area contributed by atoms with Crippen LogP contribution in [-0.4, -0.2) is 33.7 Å². The molecule has 150 valence electrons. The van der Waals surface area contributed by atoms with E-state index in [-0.39, 0.29) is 22.5 Å². The van der Waals surface area contributed by atoms with Crippen molar-refractivity contribution >= 4 is 27.0 Å². The van der Waals surface area contributed by atoms with Gasteiger partial charge in [0.25, 0.3) is 6.43 Å². The number of hydrogen-bond acceptors (Lipinski definition) is 7. The first kappa shape index (κ1) is 19.7. The van der Waals surface area contributed by atoms with E-state index < -0.39 is 39.3 Å². The molecule has 0 spiro atoms. The number of rotatable bonds is 4. The Morgan fingerprint density at radius 2 is 1.86 bits per heavy atom. The second-order valence-electron chi connectivity index (χ2n) is 5.15. The van der Waals surface area contributed by atoms with Crippen LogP contribution in [0.25, 0.3) is 16.7 Å². The van der Waals surface area contributed by atoms with Crippen LogP contribution < -0.4 is 9.92 Å². The molecule has 0 saturated heterocycles. The Hall–Kier alpha value is -3.10. The molecular weight excluding hydrogens is 420 g/mol. The smallest absolute Gasteiger partial charge is 0.383 e. The summed E-state index contributed by atoms with van der Waals surface area (Å²) in [5.41, 5.74) is -1.67. The maximum Gasteiger partial charge on any atom is 0.534 e. The number of benzene rings is 1. The molecule has 8 nitrogen and oxygen atoms in total. The predicted octanol–water partition coefficient (Wildman–Crippen LogP) is 2.70. The highest BCUT2D eigenvalue weighted by Crippen LogP contribution is 2.33. The summed E-state index contributed by atoms with van der Waals surface area (Å²) in [6.45, 7) is 0. The molecule has 0 bridgehead atoms. The summed E-state index contributed by atoms with van der Waals surface area (Å²) in [4.78, 5) is 7.29. The fourth-order valence-electron chi connectivity index (χ4n) is 2.19. The van der Waals surface area contributed by atoms with Crippen molar-refractivity contribution in [3.8, 4) is 11.4 Å². The highest BCUT2D eigenvalue weighted by atomic mass is 32.2. The van der Waals surface area contributed by atoms with Gasteiger partial charge in [0.15, 0.2) is 17.2 Å². The number of alkyl halides is 5. The normalized spacial score (nSPS) is 12.7. The van der Waals surface area contributed by atoms with Crippen molar-refractivity contribution in [1.82, 2.24) is 19.7 Å². The zero-order valence-corrected chi connectivity index (χ0v) is 14.0. The van der Waals surface area contributed by atoms with Crippen LogP contribution >= 0.6 is 0 Å². The van der Waals surface area contributed by atoms with E-state index in [4.69, 9.17) is 5.73 Å². The van der Waals surface area contributed by atoms with Gasteiger partial charge in [0.1, 0.15) is 17.8 Å². The van der Waals surface area contributed by atoms with Crippen LogP contribution in [0.15, 0.2) is 24.5 Å². The fraction of sp³-hybridized carbons (Fsp3) is 0.154. The fourth-order valence-corrected chi connectivity index (χ4v) is 2.65. The molecule has 15 heteroatoms. The number of aromatic nitrogens is 4. The van der Waals surface area contributed by atoms with E-state index in [2.05, 4.69) is 19.2 Å². The van der Waals surface area contributed by atoms with Crippen molar-refractivity contribution in [2.75, 3.05) is 5.73 Å². The van der Waals surface area contributed by atoms with E-state index in [1.165, 1.54) is 0 Å². The van der Waals surface area contributed by atoms with Crippen molar-refractivity contribution in [3.05, 3.63) is 36.0 Å². The minimum absolute atomic E-state index is 0.265. The standard InChI is InChI=1S/C13H7F6N5O3S/c14-6-2-1-5(3-7(6)27-28(25,26)13(17,18)19)24-12-8(9(23-24)10(15)16)11(20)21-4-22-12/h1-4,10H,(H2,20,21,22). The maximum atomic E-state index is 13.8. The first-order valence-electron chi connectivity index (χ1n) is 7.00. The number of nitrogens with two attached hydrogens (primary N) is 1. The lowest BCUT2D eigenvalue weighted by Crippen LogP contribution is -2.28. The second-order valence-corrected chi connectivity index (χ2v) is 6.69. The summed E-state index contributed by atoms with van der Waals surface area (Å²) in [6, 6.07) is 2.03. The molecule has 1 aromatic carbocycles. The Morgan fingerprint density at radius 1 is 1.18 bits per heavy atom. The lowest BCUT2D eigenvalue weighted by Gasteiger charge is -2.11. The minimum atomic E-state index is -6.16. The SMILES string of the molecule is Nc1ncnc2c1c(C(F)F)nn2-c1ccc(F)c(OS(=O)(=O)C(F)(F)F)c1. The van der Waals surface area contributed by atoms with E-state index in [0.29, 0.717) is 16.8 Å². The van der Waals surface area contributed by atoms with Gasteiger partial charge < -0.3 is 9.92 Å². The largest absolute Gasteiger partial charge is 0.534 e. The van der Waals surface area contributed by atoms with Gasteiger partial charge in [0.2, 0.25) is 0 Å². The Bertz CT molecular complexity index is 1160. The van der Waals surface area contributed by atoms with Crippen LogP contribution in [0.4, 0.5) is 32.2 Å². The third kappa shape index (κ3) is 3.28. The molecule has 2 N–H and O–H groups in total. The maximum absolute atomic E-state index is 13.8. The van der Waals surface area contributed by atoms with Gasteiger partial charge in [-0.25, -0.2) is 27.8 Å². The van der Waals surface area contributed by atoms with Crippen LogP contribution in [0, 0.1) is 5.82 Å². The van der Waals surface area contributed by atoms with E-state index in [9.17, 15) is 34.8 Å². The molecule has 0 atom stereocenters. The molecule has 28 heavy (non-hydrogen) atoms. The second kappa shape index (κ2) is 6.50. The number of nitrogen functional groups attached to an aromatic ring is 1. The monoisotopic (exact) mass is 427 g/mol. The molecule has 0 fully saturated rings. The van der Waals surface area contributed by atoms with Crippen molar-refractivity contribution in [3.63, 3.8) is 0 Å². The Morgan fingerprint density at radius 3 is 2.46 bits per heavy atom. The van der Waals surface area contributed by atoms with Gasteiger partial charge in [0, 0.05) is 6.07 Å². The van der Waals surface area contributed by atoms with Gasteiger partial charge in [-0.05, 0) is 12.1 Å². The molecular formula is C13H7F6N5O3S. The molecule has 0 amide bonds. The molecule has 0 aliphatic carbocycles. The van der Waals surface area contributed by atoms with E-state index in [1.54, 1.807) is 0 Å². The zero-order chi connectivity index (χ0) is 20.9. The minimum Gasteiger partial charge on any atom is -0.383 e. The Kier molecular flexibility index (Phi) is 4.57. The van der Waals surface area contributed by atoms with Crippen molar-refractivity contribution < 1.29 is 38.9 Å². The van der Waals surface area contributed by atoms with Crippen LogP contribution in [0.3, 0.4) is 0 Å². The summed E-state index contributed by atoms with van der Waals surface area (Å²) in [7, 11) is -6.16. The lowest BCUT2D eigenvalue weighted by molar-refractivity contribution is -0.0500. The molecule has 2 aromatic heterocycles. The highest BCUT2D eigenvalue weighted by Gasteiger charge is 2.49. The summed E-state index contributed by atoms with van der Waals surface area (Å²) >= 11 is 0. The van der Waals surface area contributed by atoms with Gasteiger partial charge in [-0.3, -0.25) is 0 Å². The molecule has 3 rings (SSSR count). The first-order valence-corrected chi connectivity index (χ1v) is 8.41. The predicted molar refractivity (Wildman–Crippen MR) is 81.6 cm³/mol. The number of halogens is 6. The topological polar surface area (TPSA) is 113 Å². The van der Waals surface area contributed by atoms with E-state index >= 15 is 0 Å². The number of hydrogen-bond donors (Lipinski definition) is 1. The van der Waals surface area contributed by atoms with E-state index in [0.717, 1.165) is 12.4 Å². The average molecular weight is 427 g/mol. The summed E-state index contributed by atoms with van der Waals surface area (Å²) < 4.78 is 104. The molecule has 3 aromatic rings. The van der Waals surface area contributed by atoms with Gasteiger partial charge in [0.05, 0.1) is 11.1 Å². The molecule has 0 saturated carbocycles. The van der Waals surface area contributed by atoms with Crippen molar-refractivity contribution in [2.45, 2.75) is 11.9 Å². The molecule has 0 aliphatic heterocycles. The third-order valence-corrected chi connectivity index (χ3v) is 4.34. The first-order chi connectivity index (χ1) is 12.9. The van der Waals surface area contributed by atoms with Gasteiger partial charge >= 0.3 is 15.6 Å². The molecule has 2 heterocycles. The van der Waals surface area contributed by atoms with Gasteiger partial charge in [-0.15, -0.1) is 0 Å². The van der Waals surface area contributed by atoms with Crippen LogP contribution in [-0.2, 0) is 10.1 Å². The summed E-state index contributed by atoms with van der Waals surface area (Å²) in [6.07, 6.45) is -2.20. The Balaban J connectivity index is 2.18. The van der Waals surface area contributed by atoms with Crippen LogP contribution in [0.2, 0.25) is 0 Å².